The van der Waals surface area contributed by atoms with Crippen molar-refractivity contribution in [2.45, 2.75) is 12.5 Å². The predicted octanol–water partition coefficient (Wildman–Crippen LogP) is 0.673. The Hall–Kier alpha value is -0.220. The van der Waals surface area contributed by atoms with Crippen molar-refractivity contribution >= 4 is 17.7 Å². The Morgan fingerprint density at radius 2 is 2.70 bits per heavy atom. The highest BCUT2D eigenvalue weighted by Gasteiger charge is 2.28. The van der Waals surface area contributed by atoms with Gasteiger partial charge >= 0.3 is 0 Å². The molecule has 1 aliphatic heterocycles. The van der Waals surface area contributed by atoms with E-state index in [1.807, 2.05) is 6.92 Å². The first-order valence-corrected chi connectivity index (χ1v) is 4.16. The highest BCUT2D eigenvalue weighted by Crippen LogP contribution is 2.24. The zero-order valence-electron chi connectivity index (χ0n) is 5.87. The number of thioether (sulfide) groups is 1. The second-order valence-corrected chi connectivity index (χ2v) is 2.96. The summed E-state index contributed by atoms with van der Waals surface area (Å²) in [5.74, 6) is 0.539. The van der Waals surface area contributed by atoms with Crippen LogP contribution < -0.4 is 0 Å². The summed E-state index contributed by atoms with van der Waals surface area (Å²) in [6, 6.07) is 0. The molecular formula is C6H10NO2S. The summed E-state index contributed by atoms with van der Waals surface area (Å²) >= 11 is 1.47. The van der Waals surface area contributed by atoms with E-state index in [2.05, 4.69) is 7.05 Å². The lowest BCUT2D eigenvalue weighted by molar-refractivity contribution is -0.130. The first-order chi connectivity index (χ1) is 4.75. The van der Waals surface area contributed by atoms with Crippen LogP contribution in [0.1, 0.15) is 6.92 Å². The highest BCUT2D eigenvalue weighted by atomic mass is 32.2. The van der Waals surface area contributed by atoms with Gasteiger partial charge in [0.05, 0.1) is 5.75 Å². The molecule has 1 amide bonds. The minimum Gasteiger partial charge on any atom is -0.349 e. The standard InChI is InChI=1S/C6H10NO2S/c1-3-9-6-7(2)5(8)4-10-6/h6H,2-4H2,1H3. The number of hydrogen-bond acceptors (Lipinski definition) is 3. The van der Waals surface area contributed by atoms with Crippen molar-refractivity contribution in [1.29, 1.82) is 0 Å². The van der Waals surface area contributed by atoms with Gasteiger partial charge in [-0.15, -0.1) is 0 Å². The molecule has 1 rings (SSSR count). The molecule has 0 aromatic rings. The van der Waals surface area contributed by atoms with E-state index in [9.17, 15) is 4.79 Å². The van der Waals surface area contributed by atoms with Crippen molar-refractivity contribution in [2.24, 2.45) is 0 Å². The lowest BCUT2D eigenvalue weighted by Gasteiger charge is -2.17. The minimum absolute atomic E-state index is 0.0449. The second-order valence-electron chi connectivity index (χ2n) is 1.94. The Kier molecular flexibility index (Phi) is 2.56. The molecule has 1 radical (unpaired) electrons. The summed E-state index contributed by atoms with van der Waals surface area (Å²) in [4.78, 5) is 12.2. The Morgan fingerprint density at radius 1 is 2.00 bits per heavy atom. The molecule has 0 aromatic heterocycles. The van der Waals surface area contributed by atoms with Crippen LogP contribution in [0.5, 0.6) is 0 Å². The van der Waals surface area contributed by atoms with Gasteiger partial charge in [0.15, 0.2) is 5.56 Å². The molecule has 0 spiro atoms. The predicted molar refractivity (Wildman–Crippen MR) is 40.1 cm³/mol. The van der Waals surface area contributed by atoms with Crippen molar-refractivity contribution in [3.8, 4) is 0 Å². The molecule has 0 bridgehead atoms. The van der Waals surface area contributed by atoms with E-state index in [0.717, 1.165) is 0 Å². The van der Waals surface area contributed by atoms with Crippen LogP contribution >= 0.6 is 11.8 Å². The van der Waals surface area contributed by atoms with Gasteiger partial charge in [0.25, 0.3) is 0 Å². The molecule has 10 heavy (non-hydrogen) atoms. The van der Waals surface area contributed by atoms with Crippen molar-refractivity contribution in [1.82, 2.24) is 4.90 Å². The number of hydrogen-bond donors (Lipinski definition) is 0. The van der Waals surface area contributed by atoms with Gasteiger partial charge in [0.2, 0.25) is 5.91 Å². The van der Waals surface area contributed by atoms with Crippen molar-refractivity contribution in [3.63, 3.8) is 0 Å². The normalized spacial score (nSPS) is 26.0. The molecule has 1 heterocycles. The molecule has 0 saturated carbocycles. The number of rotatable bonds is 2. The Labute approximate surface area is 64.7 Å². The van der Waals surface area contributed by atoms with E-state index >= 15 is 0 Å². The van der Waals surface area contributed by atoms with Gasteiger partial charge in [-0.25, -0.2) is 0 Å². The molecule has 57 valence electrons. The zero-order chi connectivity index (χ0) is 7.56. The second kappa shape index (κ2) is 3.25. The number of carbonyl (C=O) groups is 1. The van der Waals surface area contributed by atoms with E-state index in [4.69, 9.17) is 4.74 Å². The fraction of sp³-hybridized carbons (Fsp3) is 0.667. The smallest absolute Gasteiger partial charge is 0.235 e. The van der Waals surface area contributed by atoms with Gasteiger partial charge in [-0.3, -0.25) is 4.79 Å². The van der Waals surface area contributed by atoms with Crippen molar-refractivity contribution in [3.05, 3.63) is 7.05 Å². The third-order valence-electron chi connectivity index (χ3n) is 1.23. The third-order valence-corrected chi connectivity index (χ3v) is 2.32. The van der Waals surface area contributed by atoms with Gasteiger partial charge in [-0.05, 0) is 6.92 Å². The van der Waals surface area contributed by atoms with Gasteiger partial charge in [0, 0.05) is 13.7 Å². The first kappa shape index (κ1) is 7.88. The molecule has 1 atom stereocenters. The summed E-state index contributed by atoms with van der Waals surface area (Å²) in [5, 5.41) is 0. The van der Waals surface area contributed by atoms with E-state index in [1.54, 1.807) is 0 Å². The number of carbonyl (C=O) groups excluding carboxylic acids is 1. The number of nitrogens with zero attached hydrogens (tertiary/aromatic N) is 1. The lowest BCUT2D eigenvalue weighted by Crippen LogP contribution is -2.28. The molecular weight excluding hydrogens is 150 g/mol. The summed E-state index contributed by atoms with van der Waals surface area (Å²) in [6.07, 6.45) is 0. The highest BCUT2D eigenvalue weighted by molar-refractivity contribution is 8.00. The Morgan fingerprint density at radius 3 is 3.10 bits per heavy atom. The van der Waals surface area contributed by atoms with Crippen molar-refractivity contribution < 1.29 is 9.53 Å². The van der Waals surface area contributed by atoms with Gasteiger partial charge < -0.3 is 9.64 Å². The average molecular weight is 160 g/mol. The monoisotopic (exact) mass is 160 g/mol. The van der Waals surface area contributed by atoms with E-state index in [0.29, 0.717) is 12.4 Å². The van der Waals surface area contributed by atoms with E-state index in [1.165, 1.54) is 16.7 Å². The van der Waals surface area contributed by atoms with Crippen molar-refractivity contribution in [2.75, 3.05) is 12.4 Å². The molecule has 1 unspecified atom stereocenters. The van der Waals surface area contributed by atoms with E-state index < -0.39 is 0 Å². The average Bonchev–Trinajstić information content (AvgIpc) is 2.20. The summed E-state index contributed by atoms with van der Waals surface area (Å²) in [7, 11) is 3.56. The van der Waals surface area contributed by atoms with Crippen LogP contribution in [0.4, 0.5) is 0 Å². The fourth-order valence-corrected chi connectivity index (χ4v) is 1.69. The van der Waals surface area contributed by atoms with Crippen LogP contribution in [0.25, 0.3) is 0 Å². The van der Waals surface area contributed by atoms with Crippen LogP contribution in [-0.4, -0.2) is 28.7 Å². The van der Waals surface area contributed by atoms with Crippen LogP contribution in [0.15, 0.2) is 0 Å². The minimum atomic E-state index is -0.155. The SMILES string of the molecule is [CH2]N1C(=O)CSC1OCC. The van der Waals surface area contributed by atoms with E-state index in [-0.39, 0.29) is 11.5 Å². The Balaban J connectivity index is 2.41. The summed E-state index contributed by atoms with van der Waals surface area (Å²) < 4.78 is 5.19. The van der Waals surface area contributed by atoms with Gasteiger partial charge in [0.1, 0.15) is 0 Å². The topological polar surface area (TPSA) is 29.5 Å². The van der Waals surface area contributed by atoms with Crippen LogP contribution in [0.3, 0.4) is 0 Å². The first-order valence-electron chi connectivity index (χ1n) is 3.11. The molecule has 1 aliphatic rings. The summed E-state index contributed by atoms with van der Waals surface area (Å²) in [6.45, 7) is 2.52. The maximum absolute atomic E-state index is 10.8. The summed E-state index contributed by atoms with van der Waals surface area (Å²) in [5.41, 5.74) is -0.155. The maximum Gasteiger partial charge on any atom is 0.235 e. The van der Waals surface area contributed by atoms with Crippen LogP contribution in [0, 0.1) is 7.05 Å². The molecule has 3 nitrogen and oxygen atoms in total. The lowest BCUT2D eigenvalue weighted by atomic mass is 10.6. The largest absolute Gasteiger partial charge is 0.349 e. The number of ether oxygens (including phenoxy) is 1. The molecule has 0 N–H and O–H groups in total. The zero-order valence-corrected chi connectivity index (χ0v) is 6.69. The van der Waals surface area contributed by atoms with Crippen LogP contribution in [-0.2, 0) is 9.53 Å². The molecule has 4 heteroatoms. The van der Waals surface area contributed by atoms with Gasteiger partial charge in [-0.2, -0.15) is 0 Å². The molecule has 1 saturated heterocycles. The van der Waals surface area contributed by atoms with Gasteiger partial charge in [-0.1, -0.05) is 11.8 Å². The Bertz CT molecular complexity index is 140. The maximum atomic E-state index is 10.8. The fourth-order valence-electron chi connectivity index (χ4n) is 0.714. The molecule has 1 fully saturated rings. The molecule has 0 aromatic carbocycles. The third kappa shape index (κ3) is 1.44. The van der Waals surface area contributed by atoms with Crippen LogP contribution in [0.2, 0.25) is 0 Å². The quantitative estimate of drug-likeness (QED) is 0.594. The number of amides is 1. The molecule has 0 aliphatic carbocycles.